The molecule has 0 spiro atoms. The van der Waals surface area contributed by atoms with Crippen LogP contribution in [0.2, 0.25) is 5.15 Å². The summed E-state index contributed by atoms with van der Waals surface area (Å²) < 4.78 is 5.36. The molecule has 0 bridgehead atoms. The predicted octanol–water partition coefficient (Wildman–Crippen LogP) is 5.72. The van der Waals surface area contributed by atoms with Crippen molar-refractivity contribution < 1.29 is 14.6 Å². The Morgan fingerprint density at radius 2 is 1.97 bits per heavy atom. The van der Waals surface area contributed by atoms with Gasteiger partial charge in [0, 0.05) is 23.0 Å². The van der Waals surface area contributed by atoms with Crippen LogP contribution in [0.5, 0.6) is 5.75 Å². The normalized spacial score (nSPS) is 17.6. The van der Waals surface area contributed by atoms with Crippen molar-refractivity contribution in [1.29, 1.82) is 0 Å². The van der Waals surface area contributed by atoms with Gasteiger partial charge in [-0.25, -0.2) is 4.98 Å². The van der Waals surface area contributed by atoms with E-state index in [-0.39, 0.29) is 12.0 Å². The molecule has 1 aliphatic carbocycles. The van der Waals surface area contributed by atoms with Crippen LogP contribution in [0.3, 0.4) is 0 Å². The van der Waals surface area contributed by atoms with Gasteiger partial charge in [0.15, 0.2) is 0 Å². The molecule has 0 aliphatic heterocycles. The SMILES string of the molecule is CCC(C)CC1CC(O)C1.COc1cnc(Cl)cc1-c1cc(C)ncc1C(=O)Nc1nnc(C)s1. The van der Waals surface area contributed by atoms with E-state index in [1.54, 1.807) is 12.1 Å². The number of nitrogens with one attached hydrogen (secondary N) is 1. The number of carbonyl (C=O) groups is 1. The maximum Gasteiger partial charge on any atom is 0.259 e. The summed E-state index contributed by atoms with van der Waals surface area (Å²) in [7, 11) is 1.53. The third-order valence-corrected chi connectivity index (χ3v) is 6.98. The highest BCUT2D eigenvalue weighted by atomic mass is 35.5. The molecule has 4 rings (SSSR count). The molecular formula is C25H32ClN5O3S. The quantitative estimate of drug-likeness (QED) is 0.385. The van der Waals surface area contributed by atoms with Crippen molar-refractivity contribution in [3.63, 3.8) is 0 Å². The lowest BCUT2D eigenvalue weighted by atomic mass is 9.77. The van der Waals surface area contributed by atoms with Gasteiger partial charge < -0.3 is 9.84 Å². The van der Waals surface area contributed by atoms with Gasteiger partial charge in [-0.3, -0.25) is 15.1 Å². The highest BCUT2D eigenvalue weighted by Crippen LogP contribution is 2.34. The molecule has 1 saturated carbocycles. The van der Waals surface area contributed by atoms with Crippen LogP contribution >= 0.6 is 22.9 Å². The van der Waals surface area contributed by atoms with E-state index < -0.39 is 0 Å². The lowest BCUT2D eigenvalue weighted by Gasteiger charge is -2.33. The van der Waals surface area contributed by atoms with Gasteiger partial charge in [0.1, 0.15) is 15.9 Å². The highest BCUT2D eigenvalue weighted by molar-refractivity contribution is 7.15. The van der Waals surface area contributed by atoms with E-state index in [9.17, 15) is 4.79 Å². The zero-order chi connectivity index (χ0) is 25.5. The van der Waals surface area contributed by atoms with Gasteiger partial charge in [-0.2, -0.15) is 0 Å². The van der Waals surface area contributed by atoms with Gasteiger partial charge in [-0.1, -0.05) is 43.2 Å². The summed E-state index contributed by atoms with van der Waals surface area (Å²) in [6.45, 7) is 8.19. The monoisotopic (exact) mass is 517 g/mol. The van der Waals surface area contributed by atoms with E-state index in [2.05, 4.69) is 39.3 Å². The Balaban J connectivity index is 0.000000287. The Morgan fingerprint density at radius 1 is 1.23 bits per heavy atom. The largest absolute Gasteiger partial charge is 0.494 e. The fraction of sp³-hybridized carbons (Fsp3) is 0.480. The Hall–Kier alpha value is -2.62. The highest BCUT2D eigenvalue weighted by Gasteiger charge is 2.27. The van der Waals surface area contributed by atoms with Crippen LogP contribution < -0.4 is 10.1 Å². The predicted molar refractivity (Wildman–Crippen MR) is 139 cm³/mol. The second kappa shape index (κ2) is 12.4. The summed E-state index contributed by atoms with van der Waals surface area (Å²) in [5.41, 5.74) is 2.44. The van der Waals surface area contributed by atoms with Crippen LogP contribution in [0.15, 0.2) is 24.5 Å². The smallest absolute Gasteiger partial charge is 0.259 e. The molecule has 1 amide bonds. The van der Waals surface area contributed by atoms with E-state index >= 15 is 0 Å². The number of hydrogen-bond donors (Lipinski definition) is 2. The second-order valence-electron chi connectivity index (χ2n) is 8.90. The number of ether oxygens (including phenoxy) is 1. The summed E-state index contributed by atoms with van der Waals surface area (Å²) in [5, 5.41) is 21.0. The minimum Gasteiger partial charge on any atom is -0.494 e. The maximum atomic E-state index is 12.7. The summed E-state index contributed by atoms with van der Waals surface area (Å²) in [5.74, 6) is 1.87. The third-order valence-electron chi connectivity index (χ3n) is 6.02. The fourth-order valence-electron chi connectivity index (χ4n) is 3.89. The molecule has 1 fully saturated rings. The molecule has 188 valence electrons. The lowest BCUT2D eigenvalue weighted by molar-refractivity contribution is 0.0324. The number of nitrogens with zero attached hydrogens (tertiary/aromatic N) is 4. The molecule has 3 aromatic rings. The van der Waals surface area contributed by atoms with E-state index in [4.69, 9.17) is 21.4 Å². The standard InChI is InChI=1S/C16H14ClN5O2S.C9H18O/c1-8-4-10(11-5-14(17)19-7-13(11)24-3)12(6-18-8)15(23)20-16-22-21-9(2)25-16;1-3-7(2)4-8-5-9(10)6-8/h4-7H,1-3H3,(H,20,22,23);7-10H,3-6H2,1-2H3. The first-order valence-corrected chi connectivity index (χ1v) is 12.9. The number of aliphatic hydroxyl groups excluding tert-OH is 1. The molecule has 1 aliphatic rings. The van der Waals surface area contributed by atoms with Crippen molar-refractivity contribution >= 4 is 34.0 Å². The van der Waals surface area contributed by atoms with Gasteiger partial charge in [0.05, 0.1) is 25.0 Å². The number of aromatic nitrogens is 4. The molecule has 8 nitrogen and oxygen atoms in total. The number of aryl methyl sites for hydroxylation is 2. The van der Waals surface area contributed by atoms with E-state index in [1.807, 2.05) is 13.8 Å². The molecule has 10 heteroatoms. The van der Waals surface area contributed by atoms with Crippen molar-refractivity contribution in [2.75, 3.05) is 12.4 Å². The van der Waals surface area contributed by atoms with E-state index in [0.29, 0.717) is 32.7 Å². The number of pyridine rings is 2. The Kier molecular flexibility index (Phi) is 9.54. The Morgan fingerprint density at radius 3 is 2.57 bits per heavy atom. The molecule has 1 unspecified atom stereocenters. The first-order valence-electron chi connectivity index (χ1n) is 11.7. The number of hydrogen-bond acceptors (Lipinski definition) is 8. The zero-order valence-electron chi connectivity index (χ0n) is 20.7. The number of aliphatic hydroxyl groups is 1. The van der Waals surface area contributed by atoms with Crippen molar-refractivity contribution in [3.8, 4) is 16.9 Å². The van der Waals surface area contributed by atoms with Crippen LogP contribution in [-0.4, -0.2) is 44.4 Å². The van der Waals surface area contributed by atoms with Crippen molar-refractivity contribution in [2.24, 2.45) is 11.8 Å². The molecule has 0 saturated heterocycles. The lowest BCUT2D eigenvalue weighted by Crippen LogP contribution is -2.29. The average Bonchev–Trinajstić information content (AvgIpc) is 3.22. The van der Waals surface area contributed by atoms with Crippen molar-refractivity contribution in [3.05, 3.63) is 45.9 Å². The number of rotatable bonds is 7. The molecule has 3 heterocycles. The third kappa shape index (κ3) is 7.43. The van der Waals surface area contributed by atoms with Crippen LogP contribution in [0, 0.1) is 25.7 Å². The maximum absolute atomic E-state index is 12.7. The Bertz CT molecular complexity index is 1150. The molecule has 1 atom stereocenters. The summed E-state index contributed by atoms with van der Waals surface area (Å²) in [4.78, 5) is 21.0. The van der Waals surface area contributed by atoms with Gasteiger partial charge in [-0.15, -0.1) is 10.2 Å². The minimum atomic E-state index is -0.339. The van der Waals surface area contributed by atoms with Crippen LogP contribution in [0.1, 0.15) is 60.6 Å². The average molecular weight is 518 g/mol. The number of anilines is 1. The minimum absolute atomic E-state index is 0.0362. The zero-order valence-corrected chi connectivity index (χ0v) is 22.3. The molecular weight excluding hydrogens is 486 g/mol. The van der Waals surface area contributed by atoms with Crippen molar-refractivity contribution in [2.45, 2.75) is 59.5 Å². The fourth-order valence-corrected chi connectivity index (χ4v) is 4.64. The molecule has 0 aromatic carbocycles. The van der Waals surface area contributed by atoms with Gasteiger partial charge in [0.25, 0.3) is 5.91 Å². The number of methoxy groups -OCH3 is 1. The number of amides is 1. The molecule has 0 radical (unpaired) electrons. The van der Waals surface area contributed by atoms with Gasteiger partial charge in [0.2, 0.25) is 5.13 Å². The van der Waals surface area contributed by atoms with Crippen LogP contribution in [0.4, 0.5) is 5.13 Å². The van der Waals surface area contributed by atoms with Gasteiger partial charge in [-0.05, 0) is 57.1 Å². The van der Waals surface area contributed by atoms with Crippen LogP contribution in [0.25, 0.3) is 11.1 Å². The number of halogens is 1. The summed E-state index contributed by atoms with van der Waals surface area (Å²) >= 11 is 7.32. The molecule has 35 heavy (non-hydrogen) atoms. The topological polar surface area (TPSA) is 110 Å². The molecule has 3 aromatic heterocycles. The van der Waals surface area contributed by atoms with Crippen LogP contribution in [-0.2, 0) is 0 Å². The van der Waals surface area contributed by atoms with E-state index in [0.717, 1.165) is 35.4 Å². The Labute approximate surface area is 215 Å². The first-order chi connectivity index (χ1) is 16.7. The summed E-state index contributed by atoms with van der Waals surface area (Å²) in [6.07, 6.45) is 7.80. The first kappa shape index (κ1) is 27.0. The summed E-state index contributed by atoms with van der Waals surface area (Å²) in [6, 6.07) is 3.45. The van der Waals surface area contributed by atoms with E-state index in [1.165, 1.54) is 43.7 Å². The van der Waals surface area contributed by atoms with Crippen molar-refractivity contribution in [1.82, 2.24) is 20.2 Å². The number of carbonyl (C=O) groups excluding carboxylic acids is 1. The van der Waals surface area contributed by atoms with Gasteiger partial charge >= 0.3 is 0 Å². The second-order valence-corrected chi connectivity index (χ2v) is 10.5. The molecule has 2 N–H and O–H groups in total.